The Bertz CT molecular complexity index is 826. The topological polar surface area (TPSA) is 72.4 Å². The number of carbonyl (C=O) groups excluding carboxylic acids is 1. The largest absolute Gasteiger partial charge is 0.451 e. The minimum atomic E-state index is -0.0963. The number of likely N-dealkylation sites (tertiary alicyclic amines) is 1. The van der Waals surface area contributed by atoms with Crippen LogP contribution < -0.4 is 0 Å². The summed E-state index contributed by atoms with van der Waals surface area (Å²) in [5.74, 6) is 1.95. The van der Waals surface area contributed by atoms with Gasteiger partial charge in [-0.25, -0.2) is 0 Å². The van der Waals surface area contributed by atoms with Crippen LogP contribution in [0.3, 0.4) is 0 Å². The molecule has 1 amide bonds. The van der Waals surface area contributed by atoms with E-state index in [1.165, 1.54) is 0 Å². The molecule has 0 N–H and O–H groups in total. The zero-order valence-electron chi connectivity index (χ0n) is 13.0. The van der Waals surface area contributed by atoms with Gasteiger partial charge >= 0.3 is 0 Å². The molecule has 4 rings (SSSR count). The lowest BCUT2D eigenvalue weighted by molar-refractivity contribution is 0.0539. The lowest BCUT2D eigenvalue weighted by Crippen LogP contribution is -2.48. The average molecular weight is 311 g/mol. The molecule has 1 aromatic carbocycles. The molecule has 6 nitrogen and oxygen atoms in total. The van der Waals surface area contributed by atoms with Gasteiger partial charge in [0.25, 0.3) is 5.91 Å². The highest BCUT2D eigenvalue weighted by Gasteiger charge is 2.37. The summed E-state index contributed by atoms with van der Waals surface area (Å²) in [5, 5.41) is 4.90. The van der Waals surface area contributed by atoms with E-state index in [9.17, 15) is 4.79 Å². The second-order valence-corrected chi connectivity index (χ2v) is 6.20. The molecule has 23 heavy (non-hydrogen) atoms. The monoisotopic (exact) mass is 311 g/mol. The maximum absolute atomic E-state index is 12.5. The Labute approximate surface area is 133 Å². The third-order valence-electron chi connectivity index (χ3n) is 4.13. The smallest absolute Gasteiger partial charge is 0.289 e. The second kappa shape index (κ2) is 5.22. The minimum absolute atomic E-state index is 0.0963. The van der Waals surface area contributed by atoms with Gasteiger partial charge in [0.15, 0.2) is 11.6 Å². The van der Waals surface area contributed by atoms with Gasteiger partial charge in [0.1, 0.15) is 5.58 Å². The molecule has 1 aliphatic rings. The summed E-state index contributed by atoms with van der Waals surface area (Å²) in [5.41, 5.74) is 0.728. The summed E-state index contributed by atoms with van der Waals surface area (Å²) in [4.78, 5) is 18.6. The van der Waals surface area contributed by atoms with Crippen molar-refractivity contribution in [2.45, 2.75) is 25.7 Å². The van der Waals surface area contributed by atoms with Gasteiger partial charge in [-0.1, -0.05) is 37.2 Å². The summed E-state index contributed by atoms with van der Waals surface area (Å²) < 4.78 is 10.9. The summed E-state index contributed by atoms with van der Waals surface area (Å²) in [6.45, 7) is 5.20. The van der Waals surface area contributed by atoms with Crippen LogP contribution in [0.25, 0.3) is 11.0 Å². The van der Waals surface area contributed by atoms with Gasteiger partial charge in [-0.05, 0) is 12.1 Å². The molecule has 3 aromatic rings. The van der Waals surface area contributed by atoms with E-state index in [1.807, 2.05) is 38.1 Å². The van der Waals surface area contributed by atoms with Crippen LogP contribution in [0.2, 0.25) is 0 Å². The van der Waals surface area contributed by atoms with E-state index in [4.69, 9.17) is 8.94 Å². The van der Waals surface area contributed by atoms with Crippen LogP contribution in [-0.4, -0.2) is 34.0 Å². The maximum Gasteiger partial charge on any atom is 0.289 e. The summed E-state index contributed by atoms with van der Waals surface area (Å²) >= 11 is 0. The zero-order valence-corrected chi connectivity index (χ0v) is 13.0. The van der Waals surface area contributed by atoms with Crippen LogP contribution >= 0.6 is 0 Å². The number of benzene rings is 1. The molecule has 0 aliphatic carbocycles. The first-order valence-electron chi connectivity index (χ1n) is 7.73. The summed E-state index contributed by atoms with van der Waals surface area (Å²) in [6.07, 6.45) is 0. The second-order valence-electron chi connectivity index (χ2n) is 6.20. The van der Waals surface area contributed by atoms with E-state index >= 15 is 0 Å². The number of rotatable bonds is 3. The van der Waals surface area contributed by atoms with Crippen molar-refractivity contribution in [3.63, 3.8) is 0 Å². The molecular weight excluding hydrogens is 294 g/mol. The predicted molar refractivity (Wildman–Crippen MR) is 83.2 cm³/mol. The van der Waals surface area contributed by atoms with E-state index in [-0.39, 0.29) is 17.7 Å². The first-order chi connectivity index (χ1) is 11.1. The number of fused-ring (bicyclic) bond motifs is 1. The fourth-order valence-corrected chi connectivity index (χ4v) is 2.69. The van der Waals surface area contributed by atoms with Crippen molar-refractivity contribution >= 4 is 16.9 Å². The Morgan fingerprint density at radius 2 is 2.09 bits per heavy atom. The lowest BCUT2D eigenvalue weighted by atomic mass is 9.99. The van der Waals surface area contributed by atoms with Gasteiger partial charge in [-0.2, -0.15) is 4.98 Å². The fraction of sp³-hybridized carbons (Fsp3) is 0.353. The molecule has 118 valence electrons. The minimum Gasteiger partial charge on any atom is -0.451 e. The molecule has 0 saturated carbocycles. The number of carbonyl (C=O) groups is 1. The van der Waals surface area contributed by atoms with E-state index in [2.05, 4.69) is 10.1 Å². The molecule has 3 heterocycles. The fourth-order valence-electron chi connectivity index (χ4n) is 2.69. The van der Waals surface area contributed by atoms with Crippen molar-refractivity contribution in [3.05, 3.63) is 47.8 Å². The van der Waals surface area contributed by atoms with Crippen molar-refractivity contribution < 1.29 is 13.7 Å². The van der Waals surface area contributed by atoms with Gasteiger partial charge in [-0.15, -0.1) is 0 Å². The Morgan fingerprint density at radius 3 is 2.78 bits per heavy atom. The third kappa shape index (κ3) is 2.40. The van der Waals surface area contributed by atoms with Crippen LogP contribution in [0.1, 0.15) is 48.0 Å². The number of hydrogen-bond donors (Lipinski definition) is 0. The normalized spacial score (nSPS) is 15.3. The molecule has 0 radical (unpaired) electrons. The summed E-state index contributed by atoms with van der Waals surface area (Å²) in [6, 6.07) is 9.39. The highest BCUT2D eigenvalue weighted by molar-refractivity contribution is 5.96. The van der Waals surface area contributed by atoms with Crippen molar-refractivity contribution in [1.29, 1.82) is 0 Å². The molecular formula is C17H17N3O3. The number of aromatic nitrogens is 2. The molecule has 1 fully saturated rings. The van der Waals surface area contributed by atoms with Gasteiger partial charge < -0.3 is 13.8 Å². The predicted octanol–water partition coefficient (Wildman–Crippen LogP) is 3.18. The Hall–Kier alpha value is -2.63. The quantitative estimate of drug-likeness (QED) is 0.743. The number of hydrogen-bond acceptors (Lipinski definition) is 5. The molecule has 1 saturated heterocycles. The first-order valence-corrected chi connectivity index (χ1v) is 7.73. The Balaban J connectivity index is 1.45. The van der Waals surface area contributed by atoms with Crippen molar-refractivity contribution in [2.75, 3.05) is 13.1 Å². The highest BCUT2D eigenvalue weighted by atomic mass is 16.5. The maximum atomic E-state index is 12.5. The van der Waals surface area contributed by atoms with Crippen LogP contribution in [0.4, 0.5) is 0 Å². The van der Waals surface area contributed by atoms with Crippen molar-refractivity contribution in [1.82, 2.24) is 15.0 Å². The number of furan rings is 1. The van der Waals surface area contributed by atoms with E-state index < -0.39 is 0 Å². The van der Waals surface area contributed by atoms with Gasteiger partial charge in [0.2, 0.25) is 5.89 Å². The van der Waals surface area contributed by atoms with Crippen LogP contribution in [-0.2, 0) is 0 Å². The van der Waals surface area contributed by atoms with Gasteiger partial charge in [-0.3, -0.25) is 4.79 Å². The van der Waals surface area contributed by atoms with Crippen LogP contribution in [0.15, 0.2) is 39.3 Å². The third-order valence-corrected chi connectivity index (χ3v) is 4.13. The van der Waals surface area contributed by atoms with E-state index in [0.717, 1.165) is 11.0 Å². The van der Waals surface area contributed by atoms with E-state index in [1.54, 1.807) is 11.0 Å². The highest BCUT2D eigenvalue weighted by Crippen LogP contribution is 2.29. The van der Waals surface area contributed by atoms with Gasteiger partial charge in [0, 0.05) is 24.4 Å². The SMILES string of the molecule is CC(C)c1noc(C2CN(C(=O)c3cc4ccccc4o3)C2)n1. The molecule has 0 bridgehead atoms. The molecule has 0 atom stereocenters. The number of amides is 1. The first kappa shape index (κ1) is 14.0. The number of nitrogens with zero attached hydrogens (tertiary/aromatic N) is 3. The summed E-state index contributed by atoms with van der Waals surface area (Å²) in [7, 11) is 0. The van der Waals surface area contributed by atoms with Crippen LogP contribution in [0, 0.1) is 0 Å². The average Bonchev–Trinajstić information content (AvgIpc) is 3.12. The lowest BCUT2D eigenvalue weighted by Gasteiger charge is -2.36. The Kier molecular flexibility index (Phi) is 3.18. The van der Waals surface area contributed by atoms with Gasteiger partial charge in [0.05, 0.1) is 5.92 Å². The molecule has 6 heteroatoms. The molecule has 0 spiro atoms. The number of para-hydroxylation sites is 1. The zero-order chi connectivity index (χ0) is 16.0. The van der Waals surface area contributed by atoms with Crippen molar-refractivity contribution in [2.24, 2.45) is 0 Å². The molecule has 0 unspecified atom stereocenters. The van der Waals surface area contributed by atoms with Crippen molar-refractivity contribution in [3.8, 4) is 0 Å². The molecule has 1 aliphatic heterocycles. The molecule has 2 aromatic heterocycles. The van der Waals surface area contributed by atoms with Crippen LogP contribution in [0.5, 0.6) is 0 Å². The standard InChI is InChI=1S/C17H17N3O3/c1-10(2)15-18-16(23-19-15)12-8-20(9-12)17(21)14-7-11-5-3-4-6-13(11)22-14/h3-7,10,12H,8-9H2,1-2H3. The Morgan fingerprint density at radius 1 is 1.30 bits per heavy atom. The van der Waals surface area contributed by atoms with E-state index in [0.29, 0.717) is 30.6 Å².